The van der Waals surface area contributed by atoms with Crippen LogP contribution < -0.4 is 16.4 Å². The topological polar surface area (TPSA) is 162 Å². The van der Waals surface area contributed by atoms with Crippen molar-refractivity contribution in [2.24, 2.45) is 47.2 Å². The van der Waals surface area contributed by atoms with Crippen LogP contribution in [0, 0.1) is 41.4 Å². The number of hydrogen-bond donors (Lipinski definition) is 4. The van der Waals surface area contributed by atoms with Gasteiger partial charge in [-0.3, -0.25) is 15.3 Å². The molecule has 8 aliphatic rings. The monoisotopic (exact) mass is 786 g/mol. The Morgan fingerprint density at radius 3 is 2.78 bits per heavy atom. The summed E-state index contributed by atoms with van der Waals surface area (Å²) in [4.78, 5) is 43.5. The average molecular weight is 787 g/mol. The minimum atomic E-state index is -0.965. The number of rotatable bonds is 6. The maximum atomic E-state index is 14.4. The Bertz CT molecular complexity index is 1570. The molecule has 54 heavy (non-hydrogen) atoms. The number of aliphatic hydroxyl groups excluding tert-OH is 1. The fraction of sp³-hybridized carbons (Fsp3) is 0.780. The van der Waals surface area contributed by atoms with Gasteiger partial charge in [0, 0.05) is 62.0 Å². The standard InChI is InChI=1S/C41H60N4O7S2/c1-5-22(2)38(48)52-40(3)11-10-24-21-53-54-33-9-8-30(43-4)29-20-45(37(29)33)35(47)15-27-19-44-34(42)16-28(27)36(24)41(40)18-26-14-25-13-23(7-6-12-46)39(49)50-31(25)17-32(26)51-41/h5,8-10,23,25-34,36-37,43-44,46H,6-7,11-21,42H2,1-4H3/p+2/t23?,25?,26?,27?,28?,29-,30-,31?,32?,33-,34?,36+,37+,40-,41-/m0/s1. The molecule has 1 amide bonds. The van der Waals surface area contributed by atoms with E-state index in [1.54, 1.807) is 13.0 Å². The first-order valence-electron chi connectivity index (χ1n) is 20.7. The van der Waals surface area contributed by atoms with Crippen LogP contribution >= 0.6 is 21.6 Å². The second-order valence-electron chi connectivity index (χ2n) is 17.9. The SMILES string of the molecule is CC=C(C)C(=O)O[C@@]1(C)CC=C2CSS[C@H]3C=C[C@H]([NH2+]C)[C@@H]4CN(C(=O)CC5C[NH2+]C(N)CC5[C@@H]2[C@@]12CC1CC5CC(CCCO)C(=O)OC5CC1O2)[C@H]43. The summed E-state index contributed by atoms with van der Waals surface area (Å²) < 4.78 is 20.5. The molecular formula is C41H62N4O7S2+2. The van der Waals surface area contributed by atoms with Gasteiger partial charge in [-0.25, -0.2) is 4.79 Å². The summed E-state index contributed by atoms with van der Waals surface area (Å²) >= 11 is 0. The quantitative estimate of drug-likeness (QED) is 0.136. The molecular weight excluding hydrogens is 725 g/mol. The van der Waals surface area contributed by atoms with Crippen LogP contribution in [0.1, 0.15) is 78.6 Å². The highest BCUT2D eigenvalue weighted by Crippen LogP contribution is 2.62. The number of esters is 2. The number of aliphatic hydroxyl groups is 1. The smallest absolute Gasteiger partial charge is 0.334 e. The third-order valence-electron chi connectivity index (χ3n) is 15.0. The molecule has 298 valence electrons. The lowest BCUT2D eigenvalue weighted by Gasteiger charge is -2.57. The predicted molar refractivity (Wildman–Crippen MR) is 207 cm³/mol. The number of nitrogens with two attached hydrogens (primary N) is 3. The van der Waals surface area contributed by atoms with Gasteiger partial charge < -0.3 is 34.9 Å². The van der Waals surface area contributed by atoms with Gasteiger partial charge in [-0.05, 0) is 76.7 Å². The van der Waals surface area contributed by atoms with E-state index in [0.29, 0.717) is 49.6 Å². The van der Waals surface area contributed by atoms with Gasteiger partial charge in [-0.2, -0.15) is 0 Å². The van der Waals surface area contributed by atoms with Gasteiger partial charge >= 0.3 is 11.9 Å². The summed E-state index contributed by atoms with van der Waals surface area (Å²) in [5.74, 6) is 1.36. The Labute approximate surface area is 328 Å². The largest absolute Gasteiger partial charge is 0.462 e. The fourth-order valence-corrected chi connectivity index (χ4v) is 14.9. The van der Waals surface area contributed by atoms with Crippen LogP contribution in [-0.2, 0) is 28.6 Å². The second kappa shape index (κ2) is 15.5. The fourth-order valence-electron chi connectivity index (χ4n) is 12.0. The van der Waals surface area contributed by atoms with E-state index in [2.05, 4.69) is 47.7 Å². The van der Waals surface area contributed by atoms with E-state index in [-0.39, 0.29) is 89.6 Å². The van der Waals surface area contributed by atoms with Gasteiger partial charge in [0.15, 0.2) is 0 Å². The number of quaternary nitrogens is 2. The lowest BCUT2D eigenvalue weighted by molar-refractivity contribution is -0.706. The van der Waals surface area contributed by atoms with Crippen LogP contribution in [-0.4, -0.2) is 107 Å². The van der Waals surface area contributed by atoms with E-state index in [9.17, 15) is 19.5 Å². The number of carbonyl (C=O) groups excluding carboxylic acids is 3. The van der Waals surface area contributed by atoms with Crippen LogP contribution in [0.4, 0.5) is 0 Å². The van der Waals surface area contributed by atoms with Gasteiger partial charge in [0.2, 0.25) is 5.91 Å². The summed E-state index contributed by atoms with van der Waals surface area (Å²) in [6, 6.07) is 0.623. The molecule has 5 heterocycles. The first-order valence-corrected chi connectivity index (χ1v) is 23.1. The zero-order chi connectivity index (χ0) is 37.9. The molecule has 0 radical (unpaired) electrons. The van der Waals surface area contributed by atoms with Crippen molar-refractivity contribution in [1.82, 2.24) is 4.90 Å². The van der Waals surface area contributed by atoms with Crippen LogP contribution in [0.5, 0.6) is 0 Å². The van der Waals surface area contributed by atoms with Gasteiger partial charge in [-0.15, -0.1) is 0 Å². The zero-order valence-corrected chi connectivity index (χ0v) is 34.0. The summed E-state index contributed by atoms with van der Waals surface area (Å²) in [6.45, 7) is 7.40. The van der Waals surface area contributed by atoms with Crippen molar-refractivity contribution in [2.75, 3.05) is 32.5 Å². The molecule has 13 heteroatoms. The van der Waals surface area contributed by atoms with Crippen LogP contribution in [0.2, 0.25) is 0 Å². The molecule has 0 bridgehead atoms. The van der Waals surface area contributed by atoms with E-state index >= 15 is 0 Å². The number of carbonyl (C=O) groups is 3. The maximum absolute atomic E-state index is 14.4. The Morgan fingerprint density at radius 1 is 1.17 bits per heavy atom. The Hall–Kier alpha value is -1.87. The molecule has 5 aliphatic heterocycles. The molecule has 1 saturated carbocycles. The van der Waals surface area contributed by atoms with Gasteiger partial charge in [0.1, 0.15) is 29.5 Å². The van der Waals surface area contributed by atoms with Gasteiger partial charge in [0.05, 0.1) is 42.8 Å². The number of nitrogens with zero attached hydrogens (tertiary/aromatic N) is 1. The number of likely N-dealkylation sites (N-methyl/N-ethyl adjacent to an activating group) is 1. The Balaban J connectivity index is 1.17. The van der Waals surface area contributed by atoms with Crippen LogP contribution in [0.15, 0.2) is 35.5 Å². The lowest BCUT2D eigenvalue weighted by atomic mass is 9.56. The molecule has 8 unspecified atom stereocenters. The van der Waals surface area contributed by atoms with Crippen molar-refractivity contribution in [2.45, 2.75) is 125 Å². The van der Waals surface area contributed by atoms with E-state index in [0.717, 1.165) is 44.5 Å². The third-order valence-corrected chi connectivity index (χ3v) is 17.7. The Kier molecular flexibility index (Phi) is 11.2. The first-order chi connectivity index (χ1) is 26.0. The average Bonchev–Trinajstić information content (AvgIpc) is 3.51. The highest BCUT2D eigenvalue weighted by molar-refractivity contribution is 8.77. The summed E-state index contributed by atoms with van der Waals surface area (Å²) in [6.07, 6.45) is 14.4. The van der Waals surface area contributed by atoms with Crippen molar-refractivity contribution in [3.05, 3.63) is 35.5 Å². The molecule has 1 spiro atoms. The molecule has 8 rings (SSSR count). The number of piperidine rings is 1. The third kappa shape index (κ3) is 6.73. The van der Waals surface area contributed by atoms with Gasteiger partial charge in [0.25, 0.3) is 0 Å². The molecule has 5 saturated heterocycles. The van der Waals surface area contributed by atoms with Crippen molar-refractivity contribution in [3.63, 3.8) is 0 Å². The van der Waals surface area contributed by atoms with E-state index in [4.69, 9.17) is 19.9 Å². The predicted octanol–water partition coefficient (Wildman–Crippen LogP) is 2.06. The highest BCUT2D eigenvalue weighted by atomic mass is 33.1. The molecule has 6 fully saturated rings. The summed E-state index contributed by atoms with van der Waals surface area (Å²) in [7, 11) is 5.92. The van der Waals surface area contributed by atoms with E-state index in [1.807, 2.05) is 28.5 Å². The minimum absolute atomic E-state index is 0.0605. The van der Waals surface area contributed by atoms with Crippen molar-refractivity contribution in [1.29, 1.82) is 0 Å². The van der Waals surface area contributed by atoms with E-state index in [1.165, 1.54) is 5.57 Å². The van der Waals surface area contributed by atoms with Crippen LogP contribution in [0.25, 0.3) is 0 Å². The molecule has 11 nitrogen and oxygen atoms in total. The Morgan fingerprint density at radius 2 is 2.00 bits per heavy atom. The number of ether oxygens (including phenoxy) is 3. The molecule has 0 aromatic heterocycles. The van der Waals surface area contributed by atoms with Gasteiger partial charge in [-0.1, -0.05) is 45.4 Å². The van der Waals surface area contributed by atoms with Crippen molar-refractivity contribution < 1.29 is 44.3 Å². The number of fused-ring (bicyclic) bond motifs is 6. The van der Waals surface area contributed by atoms with Crippen molar-refractivity contribution in [3.8, 4) is 0 Å². The molecule has 3 aliphatic carbocycles. The molecule has 15 atom stereocenters. The minimum Gasteiger partial charge on any atom is -0.462 e. The highest BCUT2D eigenvalue weighted by Gasteiger charge is 2.68. The van der Waals surface area contributed by atoms with E-state index < -0.39 is 11.2 Å². The normalized spacial score (nSPS) is 46.0. The summed E-state index contributed by atoms with van der Waals surface area (Å²) in [5.41, 5.74) is 6.91. The number of allylic oxidation sites excluding steroid dienone is 1. The molecule has 0 aromatic carbocycles. The zero-order valence-electron chi connectivity index (χ0n) is 32.4. The van der Waals surface area contributed by atoms with Crippen molar-refractivity contribution >= 4 is 39.4 Å². The summed E-state index contributed by atoms with van der Waals surface area (Å²) in [5, 5.41) is 14.2. The number of amides is 1. The lowest BCUT2D eigenvalue weighted by Crippen LogP contribution is -2.96. The van der Waals surface area contributed by atoms with Crippen LogP contribution in [0.3, 0.4) is 0 Å². The molecule has 0 aromatic rings. The first kappa shape index (κ1) is 39.0. The maximum Gasteiger partial charge on any atom is 0.334 e. The second-order valence-corrected chi connectivity index (χ2v) is 20.4. The molecule has 7 N–H and O–H groups in total. The number of hydrogen-bond acceptors (Lipinski definition) is 10.